The lowest BCUT2D eigenvalue weighted by atomic mass is 10.1. The van der Waals surface area contributed by atoms with Crippen LogP contribution >= 0.6 is 0 Å². The summed E-state index contributed by atoms with van der Waals surface area (Å²) in [6.07, 6.45) is 24.7. The Morgan fingerprint density at radius 2 is 1.23 bits per heavy atom. The molecule has 22 heavy (non-hydrogen) atoms. The normalized spacial score (nSPS) is 10.8. The van der Waals surface area contributed by atoms with E-state index < -0.39 is 0 Å². The SMILES string of the molecule is CCCCCCCC/C=C\CCCCCCCCNC=C=O. The molecule has 0 aliphatic rings. The highest BCUT2D eigenvalue weighted by Gasteiger charge is 1.91. The summed E-state index contributed by atoms with van der Waals surface area (Å²) in [4.78, 5) is 9.93. The summed E-state index contributed by atoms with van der Waals surface area (Å²) < 4.78 is 0. The van der Waals surface area contributed by atoms with Gasteiger partial charge in [0.15, 0.2) is 0 Å². The summed E-state index contributed by atoms with van der Waals surface area (Å²) in [7, 11) is 0. The van der Waals surface area contributed by atoms with Crippen LogP contribution in [0.3, 0.4) is 0 Å². The van der Waals surface area contributed by atoms with Gasteiger partial charge in [-0.1, -0.05) is 76.9 Å². The molecule has 0 aromatic heterocycles. The second kappa shape index (κ2) is 20.0. The molecular formula is C20H37NO. The Labute approximate surface area is 138 Å². The smallest absolute Gasteiger partial charge is 0.141 e. The van der Waals surface area contributed by atoms with Crippen LogP contribution in [-0.2, 0) is 4.79 Å². The first-order chi connectivity index (χ1) is 10.9. The molecule has 0 radical (unpaired) electrons. The van der Waals surface area contributed by atoms with E-state index in [-0.39, 0.29) is 0 Å². The van der Waals surface area contributed by atoms with E-state index in [1.165, 1.54) is 89.7 Å². The summed E-state index contributed by atoms with van der Waals surface area (Å²) >= 11 is 0. The lowest BCUT2D eigenvalue weighted by Gasteiger charge is -2.01. The van der Waals surface area contributed by atoms with Gasteiger partial charge in [0.2, 0.25) is 0 Å². The van der Waals surface area contributed by atoms with Crippen LogP contribution in [0, 0.1) is 0 Å². The average molecular weight is 308 g/mol. The summed E-state index contributed by atoms with van der Waals surface area (Å²) in [5.74, 6) is 1.73. The Hall–Kier alpha value is -1.01. The van der Waals surface area contributed by atoms with Gasteiger partial charge in [-0.05, 0) is 32.1 Å². The molecule has 0 heterocycles. The van der Waals surface area contributed by atoms with E-state index >= 15 is 0 Å². The zero-order valence-electron chi connectivity index (χ0n) is 14.7. The molecule has 0 unspecified atom stereocenters. The number of carbonyl (C=O) groups excluding carboxylic acids is 1. The summed E-state index contributed by atoms with van der Waals surface area (Å²) in [5.41, 5.74) is 0. The lowest BCUT2D eigenvalue weighted by molar-refractivity contribution is 0.565. The van der Waals surface area contributed by atoms with Crippen molar-refractivity contribution in [2.45, 2.75) is 96.8 Å². The molecule has 128 valence electrons. The third-order valence-corrected chi connectivity index (χ3v) is 3.99. The molecule has 0 fully saturated rings. The second-order valence-electron chi connectivity index (χ2n) is 6.15. The van der Waals surface area contributed by atoms with Gasteiger partial charge in [0.05, 0.1) is 6.20 Å². The standard InChI is InChI=1S/C20H37NO/c1-2-3-4-5-6-7-8-9-10-11-12-13-14-15-16-17-18-21-19-20-22/h9-10,19,21H,2-8,11-18H2,1H3/b10-9-. The highest BCUT2D eigenvalue weighted by Crippen LogP contribution is 2.09. The third kappa shape index (κ3) is 19.0. The second-order valence-corrected chi connectivity index (χ2v) is 6.15. The molecule has 0 rings (SSSR count). The van der Waals surface area contributed by atoms with Crippen molar-refractivity contribution in [3.05, 3.63) is 18.4 Å². The number of allylic oxidation sites excluding steroid dienone is 2. The van der Waals surface area contributed by atoms with Crippen LogP contribution in [-0.4, -0.2) is 12.5 Å². The maximum Gasteiger partial charge on any atom is 0.141 e. The molecule has 0 saturated carbocycles. The van der Waals surface area contributed by atoms with Crippen LogP contribution in [0.5, 0.6) is 0 Å². The minimum atomic E-state index is 0.899. The molecule has 0 spiro atoms. The van der Waals surface area contributed by atoms with E-state index in [4.69, 9.17) is 0 Å². The van der Waals surface area contributed by atoms with Crippen molar-refractivity contribution in [2.75, 3.05) is 6.54 Å². The van der Waals surface area contributed by atoms with Crippen LogP contribution in [0.1, 0.15) is 96.8 Å². The lowest BCUT2D eigenvalue weighted by Crippen LogP contribution is -2.06. The molecule has 2 heteroatoms. The van der Waals surface area contributed by atoms with Gasteiger partial charge in [0.25, 0.3) is 0 Å². The number of hydrogen-bond acceptors (Lipinski definition) is 2. The van der Waals surface area contributed by atoms with E-state index in [1.807, 2.05) is 0 Å². The first-order valence-electron chi connectivity index (χ1n) is 9.49. The van der Waals surface area contributed by atoms with Crippen LogP contribution in [0.4, 0.5) is 0 Å². The van der Waals surface area contributed by atoms with Crippen molar-refractivity contribution in [1.29, 1.82) is 0 Å². The maximum atomic E-state index is 9.93. The topological polar surface area (TPSA) is 29.1 Å². The molecule has 0 bridgehead atoms. The Kier molecular flexibility index (Phi) is 19.1. The van der Waals surface area contributed by atoms with Crippen LogP contribution < -0.4 is 5.32 Å². The van der Waals surface area contributed by atoms with Gasteiger partial charge in [-0.3, -0.25) is 0 Å². The van der Waals surface area contributed by atoms with E-state index in [1.54, 1.807) is 5.94 Å². The number of hydrogen-bond donors (Lipinski definition) is 1. The van der Waals surface area contributed by atoms with Crippen LogP contribution in [0.25, 0.3) is 0 Å². The minimum Gasteiger partial charge on any atom is -0.382 e. The Morgan fingerprint density at radius 3 is 1.77 bits per heavy atom. The highest BCUT2D eigenvalue weighted by molar-refractivity contribution is 5.43. The molecule has 0 aromatic rings. The van der Waals surface area contributed by atoms with E-state index in [0.717, 1.165) is 13.0 Å². The molecule has 0 aromatic carbocycles. The van der Waals surface area contributed by atoms with E-state index in [2.05, 4.69) is 24.4 Å². The van der Waals surface area contributed by atoms with Gasteiger partial charge in [0, 0.05) is 6.54 Å². The first kappa shape index (κ1) is 21.0. The number of nitrogens with one attached hydrogen (secondary N) is 1. The molecule has 2 nitrogen and oxygen atoms in total. The Balaban J connectivity index is 3.06. The van der Waals surface area contributed by atoms with Crippen molar-refractivity contribution in [2.24, 2.45) is 0 Å². The van der Waals surface area contributed by atoms with Crippen molar-refractivity contribution < 1.29 is 4.79 Å². The van der Waals surface area contributed by atoms with Gasteiger partial charge >= 0.3 is 0 Å². The Bertz CT molecular complexity index is 279. The Morgan fingerprint density at radius 1 is 0.727 bits per heavy atom. The fourth-order valence-electron chi connectivity index (χ4n) is 2.59. The van der Waals surface area contributed by atoms with Gasteiger partial charge in [-0.25, -0.2) is 4.79 Å². The van der Waals surface area contributed by atoms with Crippen molar-refractivity contribution in [3.8, 4) is 0 Å². The van der Waals surface area contributed by atoms with Crippen LogP contribution in [0.15, 0.2) is 18.4 Å². The van der Waals surface area contributed by atoms with Crippen molar-refractivity contribution in [1.82, 2.24) is 5.32 Å². The zero-order chi connectivity index (χ0) is 16.1. The van der Waals surface area contributed by atoms with Crippen LogP contribution in [0.2, 0.25) is 0 Å². The zero-order valence-corrected chi connectivity index (χ0v) is 14.7. The summed E-state index contributed by atoms with van der Waals surface area (Å²) in [6, 6.07) is 0. The molecule has 0 aliphatic heterocycles. The number of rotatable bonds is 17. The van der Waals surface area contributed by atoms with Gasteiger partial charge in [-0.15, -0.1) is 0 Å². The fourth-order valence-corrected chi connectivity index (χ4v) is 2.59. The predicted octanol–water partition coefficient (Wildman–Crippen LogP) is 5.96. The molecular weight excluding hydrogens is 270 g/mol. The largest absolute Gasteiger partial charge is 0.382 e. The molecule has 0 saturated heterocycles. The third-order valence-electron chi connectivity index (χ3n) is 3.99. The van der Waals surface area contributed by atoms with Gasteiger partial charge < -0.3 is 5.32 Å². The monoisotopic (exact) mass is 307 g/mol. The molecule has 1 N–H and O–H groups in total. The van der Waals surface area contributed by atoms with Crippen molar-refractivity contribution in [3.63, 3.8) is 0 Å². The van der Waals surface area contributed by atoms with E-state index in [9.17, 15) is 4.79 Å². The van der Waals surface area contributed by atoms with Crippen molar-refractivity contribution >= 4 is 5.94 Å². The molecule has 0 amide bonds. The predicted molar refractivity (Wildman–Crippen MR) is 97.7 cm³/mol. The summed E-state index contributed by atoms with van der Waals surface area (Å²) in [5, 5.41) is 2.93. The fraction of sp³-hybridized carbons (Fsp3) is 0.800. The average Bonchev–Trinajstić information content (AvgIpc) is 2.54. The first-order valence-corrected chi connectivity index (χ1v) is 9.49. The maximum absolute atomic E-state index is 9.93. The minimum absolute atomic E-state index is 0.899. The summed E-state index contributed by atoms with van der Waals surface area (Å²) in [6.45, 7) is 3.17. The molecule has 0 atom stereocenters. The van der Waals surface area contributed by atoms with Gasteiger partial charge in [0.1, 0.15) is 5.94 Å². The highest BCUT2D eigenvalue weighted by atomic mass is 16.1. The molecule has 0 aliphatic carbocycles. The van der Waals surface area contributed by atoms with Gasteiger partial charge in [-0.2, -0.15) is 0 Å². The van der Waals surface area contributed by atoms with E-state index in [0.29, 0.717) is 0 Å². The number of unbranched alkanes of at least 4 members (excludes halogenated alkanes) is 12. The quantitative estimate of drug-likeness (QED) is 0.204.